The van der Waals surface area contributed by atoms with Gasteiger partial charge in [0, 0.05) is 22.5 Å². The maximum absolute atomic E-state index is 12.7. The lowest BCUT2D eigenvalue weighted by molar-refractivity contribution is 0.102. The second-order valence-electron chi connectivity index (χ2n) is 7.50. The van der Waals surface area contributed by atoms with Crippen LogP contribution < -0.4 is 9.62 Å². The smallest absolute Gasteiger partial charge is 0.257 e. The fourth-order valence-electron chi connectivity index (χ4n) is 3.79. The minimum Gasteiger partial charge on any atom is -0.298 e. The van der Waals surface area contributed by atoms with Gasteiger partial charge in [-0.25, -0.2) is 13.4 Å². The Morgan fingerprint density at radius 1 is 1.23 bits per heavy atom. The van der Waals surface area contributed by atoms with Gasteiger partial charge in [0.2, 0.25) is 10.0 Å². The maximum Gasteiger partial charge on any atom is 0.257 e. The molecule has 0 aliphatic carbocycles. The predicted molar refractivity (Wildman–Crippen MR) is 122 cm³/mol. The molecule has 0 spiro atoms. The van der Waals surface area contributed by atoms with Crippen LogP contribution in [0.2, 0.25) is 0 Å². The Labute approximate surface area is 180 Å². The molecule has 1 aliphatic rings. The number of aryl methyl sites for hydroxylation is 1. The number of rotatable bonds is 5. The van der Waals surface area contributed by atoms with E-state index in [1.54, 1.807) is 18.2 Å². The number of amides is 1. The van der Waals surface area contributed by atoms with Crippen molar-refractivity contribution < 1.29 is 13.2 Å². The number of sulfonamides is 1. The van der Waals surface area contributed by atoms with Crippen molar-refractivity contribution in [3.05, 3.63) is 64.5 Å². The van der Waals surface area contributed by atoms with E-state index >= 15 is 0 Å². The Bertz CT molecular complexity index is 1200. The van der Waals surface area contributed by atoms with Gasteiger partial charge in [-0.05, 0) is 49.1 Å². The SMILES string of the molecule is CCc1ccc(-c2csc(NC(=O)c3ccc4c(c3)CC(C)N4S(C)(=O)=O)n2)cc1. The predicted octanol–water partition coefficient (Wildman–Crippen LogP) is 4.34. The Balaban J connectivity index is 1.51. The quantitative estimate of drug-likeness (QED) is 0.639. The molecule has 4 rings (SSSR count). The molecular formula is C22H23N3O3S2. The highest BCUT2D eigenvalue weighted by Gasteiger charge is 2.32. The zero-order valence-corrected chi connectivity index (χ0v) is 18.7. The number of carbonyl (C=O) groups is 1. The van der Waals surface area contributed by atoms with Crippen LogP contribution in [0.3, 0.4) is 0 Å². The summed E-state index contributed by atoms with van der Waals surface area (Å²) < 4.78 is 25.5. The molecular weight excluding hydrogens is 418 g/mol. The minimum absolute atomic E-state index is 0.158. The molecule has 30 heavy (non-hydrogen) atoms. The van der Waals surface area contributed by atoms with Gasteiger partial charge >= 0.3 is 0 Å². The Morgan fingerprint density at radius 2 is 1.97 bits per heavy atom. The van der Waals surface area contributed by atoms with Crippen molar-refractivity contribution in [2.24, 2.45) is 0 Å². The molecule has 1 N–H and O–H groups in total. The highest BCUT2D eigenvalue weighted by molar-refractivity contribution is 7.92. The van der Waals surface area contributed by atoms with Crippen molar-refractivity contribution in [1.29, 1.82) is 0 Å². The molecule has 1 aliphatic heterocycles. The lowest BCUT2D eigenvalue weighted by Gasteiger charge is -2.21. The average molecular weight is 442 g/mol. The summed E-state index contributed by atoms with van der Waals surface area (Å²) in [7, 11) is -3.35. The number of nitrogens with one attached hydrogen (secondary N) is 1. The van der Waals surface area contributed by atoms with Crippen molar-refractivity contribution in [2.45, 2.75) is 32.7 Å². The first-order chi connectivity index (χ1) is 14.3. The zero-order chi connectivity index (χ0) is 21.5. The van der Waals surface area contributed by atoms with E-state index in [4.69, 9.17) is 0 Å². The van der Waals surface area contributed by atoms with E-state index in [0.29, 0.717) is 22.8 Å². The molecule has 0 radical (unpaired) electrons. The van der Waals surface area contributed by atoms with Gasteiger partial charge < -0.3 is 0 Å². The topological polar surface area (TPSA) is 79.4 Å². The molecule has 1 atom stereocenters. The first-order valence-corrected chi connectivity index (χ1v) is 12.5. The van der Waals surface area contributed by atoms with Gasteiger partial charge in [0.25, 0.3) is 5.91 Å². The van der Waals surface area contributed by atoms with E-state index in [2.05, 4.69) is 29.4 Å². The molecule has 1 amide bonds. The molecule has 3 aromatic rings. The maximum atomic E-state index is 12.7. The van der Waals surface area contributed by atoms with E-state index in [1.165, 1.54) is 27.5 Å². The molecule has 6 nitrogen and oxygen atoms in total. The highest BCUT2D eigenvalue weighted by Crippen LogP contribution is 2.35. The Morgan fingerprint density at radius 3 is 2.63 bits per heavy atom. The van der Waals surface area contributed by atoms with E-state index in [1.807, 2.05) is 24.4 Å². The van der Waals surface area contributed by atoms with Crippen LogP contribution in [0.15, 0.2) is 47.8 Å². The molecule has 0 saturated heterocycles. The third kappa shape index (κ3) is 3.97. The van der Waals surface area contributed by atoms with Crippen LogP contribution in [-0.2, 0) is 22.9 Å². The van der Waals surface area contributed by atoms with Crippen LogP contribution in [0.4, 0.5) is 10.8 Å². The van der Waals surface area contributed by atoms with Gasteiger partial charge in [-0.2, -0.15) is 0 Å². The van der Waals surface area contributed by atoms with Crippen LogP contribution in [0, 0.1) is 0 Å². The van der Waals surface area contributed by atoms with E-state index in [9.17, 15) is 13.2 Å². The number of hydrogen-bond donors (Lipinski definition) is 1. The molecule has 156 valence electrons. The van der Waals surface area contributed by atoms with Crippen LogP contribution in [-0.4, -0.2) is 31.6 Å². The summed E-state index contributed by atoms with van der Waals surface area (Å²) in [6, 6.07) is 13.2. The van der Waals surface area contributed by atoms with Gasteiger partial charge in [0.05, 0.1) is 17.6 Å². The monoisotopic (exact) mass is 441 g/mol. The standard InChI is InChI=1S/C22H23N3O3S2/c1-4-15-5-7-16(8-6-15)19-13-29-22(23-19)24-21(26)17-9-10-20-18(12-17)11-14(2)25(20)30(3,27)28/h5-10,12-14H,4,11H2,1-3H3,(H,23,24,26). The lowest BCUT2D eigenvalue weighted by Crippen LogP contribution is -2.34. The minimum atomic E-state index is -3.35. The van der Waals surface area contributed by atoms with Crippen molar-refractivity contribution in [1.82, 2.24) is 4.98 Å². The Kier molecular flexibility index (Phi) is 5.38. The highest BCUT2D eigenvalue weighted by atomic mass is 32.2. The number of benzene rings is 2. The van der Waals surface area contributed by atoms with Gasteiger partial charge in [0.1, 0.15) is 0 Å². The van der Waals surface area contributed by atoms with Crippen LogP contribution >= 0.6 is 11.3 Å². The molecule has 1 aromatic heterocycles. The molecule has 1 unspecified atom stereocenters. The van der Waals surface area contributed by atoms with Crippen molar-refractivity contribution in [3.63, 3.8) is 0 Å². The summed E-state index contributed by atoms with van der Waals surface area (Å²) in [5.41, 5.74) is 5.09. The summed E-state index contributed by atoms with van der Waals surface area (Å²) in [6.07, 6.45) is 2.77. The second kappa shape index (κ2) is 7.85. The normalized spacial score (nSPS) is 15.8. The number of fused-ring (bicyclic) bond motifs is 1. The molecule has 8 heteroatoms. The van der Waals surface area contributed by atoms with Crippen molar-refractivity contribution >= 4 is 38.1 Å². The summed E-state index contributed by atoms with van der Waals surface area (Å²) in [6.45, 7) is 3.98. The van der Waals surface area contributed by atoms with Crippen LogP contribution in [0.5, 0.6) is 0 Å². The third-order valence-corrected chi connectivity index (χ3v) is 7.26. The van der Waals surface area contributed by atoms with E-state index in [0.717, 1.165) is 23.2 Å². The largest absolute Gasteiger partial charge is 0.298 e. The second-order valence-corrected chi connectivity index (χ2v) is 10.2. The molecule has 0 saturated carbocycles. The fraction of sp³-hybridized carbons (Fsp3) is 0.273. The van der Waals surface area contributed by atoms with Gasteiger partial charge in [-0.15, -0.1) is 11.3 Å². The molecule has 0 fully saturated rings. The summed E-state index contributed by atoms with van der Waals surface area (Å²) in [5.74, 6) is -0.259. The molecule has 0 bridgehead atoms. The van der Waals surface area contributed by atoms with Gasteiger partial charge in [-0.1, -0.05) is 31.2 Å². The summed E-state index contributed by atoms with van der Waals surface area (Å²) >= 11 is 1.38. The first-order valence-electron chi connectivity index (χ1n) is 9.75. The van der Waals surface area contributed by atoms with Crippen molar-refractivity contribution in [3.8, 4) is 11.3 Å². The number of aromatic nitrogens is 1. The Hall–Kier alpha value is -2.71. The number of nitrogens with zero attached hydrogens (tertiary/aromatic N) is 2. The number of thiazole rings is 1. The number of anilines is 2. The zero-order valence-electron chi connectivity index (χ0n) is 17.0. The molecule has 2 heterocycles. The summed E-state index contributed by atoms with van der Waals surface area (Å²) in [4.78, 5) is 17.3. The van der Waals surface area contributed by atoms with E-state index < -0.39 is 10.0 Å². The van der Waals surface area contributed by atoms with Gasteiger partial charge in [-0.3, -0.25) is 14.4 Å². The van der Waals surface area contributed by atoms with Crippen LogP contribution in [0.1, 0.15) is 35.3 Å². The fourth-order valence-corrected chi connectivity index (χ4v) is 5.77. The molecule has 2 aromatic carbocycles. The number of carbonyl (C=O) groups excluding carboxylic acids is 1. The third-order valence-electron chi connectivity index (χ3n) is 5.23. The van der Waals surface area contributed by atoms with E-state index in [-0.39, 0.29) is 11.9 Å². The van der Waals surface area contributed by atoms with Crippen LogP contribution in [0.25, 0.3) is 11.3 Å². The van der Waals surface area contributed by atoms with Gasteiger partial charge in [0.15, 0.2) is 5.13 Å². The lowest BCUT2D eigenvalue weighted by atomic mass is 10.1. The van der Waals surface area contributed by atoms with Crippen molar-refractivity contribution in [2.75, 3.05) is 15.9 Å². The average Bonchev–Trinajstić information content (AvgIpc) is 3.30. The number of hydrogen-bond acceptors (Lipinski definition) is 5. The summed E-state index contributed by atoms with van der Waals surface area (Å²) in [5, 5.41) is 5.30. The first kappa shape index (κ1) is 20.6.